The average Bonchev–Trinajstić information content (AvgIpc) is 3.23. The summed E-state index contributed by atoms with van der Waals surface area (Å²) in [4.78, 5) is 20.0. The van der Waals surface area contributed by atoms with Crippen LogP contribution >= 0.6 is 11.3 Å². The molecule has 11 heteroatoms. The first kappa shape index (κ1) is 27.3. The molecule has 2 heterocycles. The predicted molar refractivity (Wildman–Crippen MR) is 144 cm³/mol. The Kier molecular flexibility index (Phi) is 9.58. The number of nitrogens with zero attached hydrogens (tertiary/aromatic N) is 7. The van der Waals surface area contributed by atoms with Gasteiger partial charge in [0.2, 0.25) is 11.0 Å². The summed E-state index contributed by atoms with van der Waals surface area (Å²) >= 11 is 1.44. The summed E-state index contributed by atoms with van der Waals surface area (Å²) in [6.45, 7) is 19.8. The van der Waals surface area contributed by atoms with Crippen LogP contribution in [0.15, 0.2) is 22.4 Å². The quantitative estimate of drug-likeness (QED) is 0.263. The lowest BCUT2D eigenvalue weighted by Gasteiger charge is -2.30. The third kappa shape index (κ3) is 6.69. The van der Waals surface area contributed by atoms with Crippen LogP contribution in [-0.4, -0.2) is 49.8 Å². The molecular formula is C25H37N8O2S+. The largest absolute Gasteiger partial charge is 0.494 e. The van der Waals surface area contributed by atoms with Crippen molar-refractivity contribution in [3.63, 3.8) is 0 Å². The Hall–Kier alpha value is -3.26. The fourth-order valence-electron chi connectivity index (χ4n) is 4.38. The summed E-state index contributed by atoms with van der Waals surface area (Å²) < 4.78 is 7.44. The zero-order valence-corrected chi connectivity index (χ0v) is 22.9. The van der Waals surface area contributed by atoms with E-state index >= 15 is 0 Å². The van der Waals surface area contributed by atoms with Gasteiger partial charge in [-0.15, -0.1) is 4.68 Å². The molecule has 1 N–H and O–H groups in total. The molecule has 0 saturated carbocycles. The molecule has 1 fully saturated rings. The van der Waals surface area contributed by atoms with Crippen molar-refractivity contribution >= 4 is 44.6 Å². The maximum Gasteiger partial charge on any atom is 0.432 e. The van der Waals surface area contributed by atoms with E-state index in [1.54, 1.807) is 11.8 Å². The molecule has 1 aliphatic heterocycles. The number of carbonyl (C=O) groups is 1. The highest BCUT2D eigenvalue weighted by Gasteiger charge is 2.27. The molecule has 0 spiro atoms. The summed E-state index contributed by atoms with van der Waals surface area (Å²) in [6.07, 6.45) is 3.48. The fourth-order valence-corrected chi connectivity index (χ4v) is 5.53. The monoisotopic (exact) mass is 513 g/mol. The summed E-state index contributed by atoms with van der Waals surface area (Å²) in [5, 5.41) is 18.1. The van der Waals surface area contributed by atoms with E-state index in [2.05, 4.69) is 57.9 Å². The molecule has 36 heavy (non-hydrogen) atoms. The van der Waals surface area contributed by atoms with E-state index in [0.717, 1.165) is 36.8 Å². The number of rotatable bonds is 10. The van der Waals surface area contributed by atoms with Gasteiger partial charge in [-0.3, -0.25) is 4.79 Å². The standard InChI is InChI=1S/C25H36N8O2S/c1-17(2)33(18(3)4)25-30-32(14-11-26-6)24(36-25)29-28-21-16-23(35-7)22(15-20(21)27-19(5)34)31-12-9-8-10-13-31/h15-18H,8-14H2,1-5,7H3/p+1. The van der Waals surface area contributed by atoms with Crippen molar-refractivity contribution in [3.05, 3.63) is 23.5 Å². The smallest absolute Gasteiger partial charge is 0.432 e. The van der Waals surface area contributed by atoms with Crippen molar-refractivity contribution in [1.29, 1.82) is 0 Å². The zero-order valence-electron chi connectivity index (χ0n) is 22.1. The van der Waals surface area contributed by atoms with Crippen molar-refractivity contribution < 1.29 is 14.2 Å². The lowest BCUT2D eigenvalue weighted by Crippen LogP contribution is -2.41. The average molecular weight is 514 g/mol. The van der Waals surface area contributed by atoms with Crippen LogP contribution in [0.4, 0.5) is 27.3 Å². The number of aromatic nitrogens is 2. The van der Waals surface area contributed by atoms with Gasteiger partial charge in [-0.05, 0) is 69.5 Å². The minimum absolute atomic E-state index is 0.182. The van der Waals surface area contributed by atoms with Crippen molar-refractivity contribution in [1.82, 2.24) is 5.10 Å². The number of ether oxygens (including phenoxy) is 1. The number of nitrogens with one attached hydrogen (secondary N) is 1. The number of hydrogen-bond donors (Lipinski definition) is 1. The van der Waals surface area contributed by atoms with Gasteiger partial charge in [0, 0.05) is 38.2 Å². The minimum Gasteiger partial charge on any atom is -0.494 e. The van der Waals surface area contributed by atoms with Crippen LogP contribution in [0.3, 0.4) is 0 Å². The molecule has 2 aromatic rings. The lowest BCUT2D eigenvalue weighted by molar-refractivity contribution is -0.733. The lowest BCUT2D eigenvalue weighted by atomic mass is 10.1. The van der Waals surface area contributed by atoms with E-state index in [9.17, 15) is 4.79 Å². The van der Waals surface area contributed by atoms with Gasteiger partial charge in [0.25, 0.3) is 6.54 Å². The molecule has 10 nitrogen and oxygen atoms in total. The minimum atomic E-state index is -0.182. The van der Waals surface area contributed by atoms with E-state index in [1.807, 2.05) is 12.1 Å². The molecule has 3 rings (SSSR count). The Morgan fingerprint density at radius 3 is 2.53 bits per heavy atom. The molecule has 0 aliphatic carbocycles. The van der Waals surface area contributed by atoms with E-state index in [-0.39, 0.29) is 18.0 Å². The Bertz CT molecular complexity index is 1110. The first-order chi connectivity index (χ1) is 17.2. The number of anilines is 3. The zero-order chi connectivity index (χ0) is 26.2. The number of hydrogen-bond acceptors (Lipinski definition) is 8. The number of carbonyl (C=O) groups excluding carboxylic acids is 1. The van der Waals surface area contributed by atoms with Crippen LogP contribution < -0.4 is 24.5 Å². The van der Waals surface area contributed by atoms with Gasteiger partial charge in [0.15, 0.2) is 6.54 Å². The summed E-state index contributed by atoms with van der Waals surface area (Å²) in [5.41, 5.74) is 2.02. The number of azo groups is 1. The number of piperidine rings is 1. The van der Waals surface area contributed by atoms with Gasteiger partial charge in [-0.1, -0.05) is 5.10 Å². The van der Waals surface area contributed by atoms with Crippen LogP contribution in [0, 0.1) is 6.57 Å². The Morgan fingerprint density at radius 1 is 1.25 bits per heavy atom. The van der Waals surface area contributed by atoms with Crippen LogP contribution in [-0.2, 0) is 11.3 Å². The Morgan fingerprint density at radius 2 is 1.94 bits per heavy atom. The number of methoxy groups -OCH3 is 1. The van der Waals surface area contributed by atoms with Crippen LogP contribution in [0.2, 0.25) is 0 Å². The molecule has 1 aliphatic rings. The third-order valence-electron chi connectivity index (χ3n) is 5.91. The molecular weight excluding hydrogens is 476 g/mol. The highest BCUT2D eigenvalue weighted by atomic mass is 32.1. The molecule has 0 unspecified atom stereocenters. The second-order valence-corrected chi connectivity index (χ2v) is 10.3. The highest BCUT2D eigenvalue weighted by molar-refractivity contribution is 7.18. The summed E-state index contributed by atoms with van der Waals surface area (Å²) in [6, 6.07) is 4.25. The topological polar surface area (TPSA) is 90.7 Å². The summed E-state index contributed by atoms with van der Waals surface area (Å²) in [7, 11) is 1.64. The Labute approximate surface area is 217 Å². The molecule has 1 aromatic heterocycles. The molecule has 1 saturated heterocycles. The van der Waals surface area contributed by atoms with E-state index < -0.39 is 0 Å². The van der Waals surface area contributed by atoms with Gasteiger partial charge in [-0.25, -0.2) is 6.57 Å². The van der Waals surface area contributed by atoms with Gasteiger partial charge in [0.05, 0.1) is 23.6 Å². The predicted octanol–water partition coefficient (Wildman–Crippen LogP) is 5.35. The molecule has 194 valence electrons. The van der Waals surface area contributed by atoms with Gasteiger partial charge in [0.1, 0.15) is 11.4 Å². The van der Waals surface area contributed by atoms with Crippen molar-refractivity contribution in [3.8, 4) is 5.75 Å². The normalized spacial score (nSPS) is 13.9. The fraction of sp³-hybridized carbons (Fsp3) is 0.600. The van der Waals surface area contributed by atoms with Crippen molar-refractivity contribution in [2.45, 2.75) is 72.5 Å². The molecule has 0 bridgehead atoms. The molecule has 0 radical (unpaired) electrons. The van der Waals surface area contributed by atoms with Gasteiger partial charge < -0.3 is 24.7 Å². The van der Waals surface area contributed by atoms with Crippen molar-refractivity contribution in [2.24, 2.45) is 10.2 Å². The maximum atomic E-state index is 12.0. The second-order valence-electron chi connectivity index (χ2n) is 9.34. The second kappa shape index (κ2) is 12.6. The number of amides is 1. The SMILES string of the molecule is [C-]#[N+]CC[n+]1nc(N(C(C)C)C(C)C)sc1N=Nc1cc(OC)c(N2CCCCC2)cc1NC(C)=O. The van der Waals surface area contributed by atoms with E-state index in [1.165, 1.54) is 24.7 Å². The van der Waals surface area contributed by atoms with Crippen LogP contribution in [0.5, 0.6) is 5.75 Å². The van der Waals surface area contributed by atoms with Crippen LogP contribution in [0.1, 0.15) is 53.9 Å². The first-order valence-electron chi connectivity index (χ1n) is 12.4. The van der Waals surface area contributed by atoms with E-state index in [4.69, 9.17) is 16.4 Å². The van der Waals surface area contributed by atoms with Gasteiger partial charge in [-0.2, -0.15) is 0 Å². The molecule has 1 aromatic carbocycles. The molecule has 1 amide bonds. The van der Waals surface area contributed by atoms with Crippen LogP contribution in [0.25, 0.3) is 4.85 Å². The maximum absolute atomic E-state index is 12.0. The molecule has 0 atom stereocenters. The highest BCUT2D eigenvalue weighted by Crippen LogP contribution is 2.40. The first-order valence-corrected chi connectivity index (χ1v) is 13.3. The Balaban J connectivity index is 2.03. The summed E-state index contributed by atoms with van der Waals surface area (Å²) in [5.74, 6) is 0.509. The van der Waals surface area contributed by atoms with Gasteiger partial charge >= 0.3 is 5.13 Å². The van der Waals surface area contributed by atoms with E-state index in [0.29, 0.717) is 35.3 Å². The number of benzene rings is 1. The third-order valence-corrected chi connectivity index (χ3v) is 6.86. The van der Waals surface area contributed by atoms with Crippen molar-refractivity contribution in [2.75, 3.05) is 41.9 Å².